The van der Waals surface area contributed by atoms with Crippen LogP contribution in [0.15, 0.2) is 0 Å². The molecular formula is C6H13NO2. The predicted octanol–water partition coefficient (Wildman–Crippen LogP) is -0.469. The molecule has 0 unspecified atom stereocenters. The molecule has 0 aliphatic rings. The molecule has 0 bridgehead atoms. The summed E-state index contributed by atoms with van der Waals surface area (Å²) in [6.07, 6.45) is 0. The number of carbonyl (C=O) groups excluding carboxylic acids is 1. The first kappa shape index (κ1) is 8.59. The van der Waals surface area contributed by atoms with Crippen molar-refractivity contribution < 1.29 is 9.90 Å². The maximum atomic E-state index is 10.8. The molecule has 0 amide bonds. The van der Waals surface area contributed by atoms with E-state index in [1.165, 1.54) is 0 Å². The first-order chi connectivity index (χ1) is 4.09. The Bertz CT molecular complexity index is 101. The highest BCUT2D eigenvalue weighted by Gasteiger charge is 2.14. The molecule has 3 nitrogen and oxygen atoms in total. The Morgan fingerprint density at radius 3 is 2.22 bits per heavy atom. The molecule has 3 heteroatoms. The van der Waals surface area contributed by atoms with Crippen LogP contribution in [0.3, 0.4) is 0 Å². The number of hydrogen-bond donors (Lipinski definition) is 2. The van der Waals surface area contributed by atoms with Gasteiger partial charge in [-0.1, -0.05) is 13.8 Å². The number of rotatable bonds is 3. The van der Waals surface area contributed by atoms with Gasteiger partial charge in [-0.2, -0.15) is 0 Å². The van der Waals surface area contributed by atoms with E-state index in [2.05, 4.69) is 0 Å². The third-order valence-electron chi connectivity index (χ3n) is 1.13. The fraction of sp³-hybridized carbons (Fsp3) is 0.833. The van der Waals surface area contributed by atoms with Gasteiger partial charge in [0.25, 0.3) is 0 Å². The van der Waals surface area contributed by atoms with Crippen molar-refractivity contribution in [3.8, 4) is 0 Å². The zero-order valence-electron chi connectivity index (χ0n) is 5.79. The van der Waals surface area contributed by atoms with E-state index in [9.17, 15) is 4.79 Å². The lowest BCUT2D eigenvalue weighted by atomic mass is 10.0. The zero-order valence-corrected chi connectivity index (χ0v) is 5.79. The van der Waals surface area contributed by atoms with Crippen molar-refractivity contribution in [3.05, 3.63) is 0 Å². The molecule has 0 aliphatic heterocycles. The van der Waals surface area contributed by atoms with Crippen molar-refractivity contribution in [2.24, 2.45) is 11.7 Å². The van der Waals surface area contributed by atoms with Crippen LogP contribution in [-0.2, 0) is 4.79 Å². The van der Waals surface area contributed by atoms with Crippen molar-refractivity contribution in [2.75, 3.05) is 6.61 Å². The lowest BCUT2D eigenvalue weighted by Gasteiger charge is -2.08. The Balaban J connectivity index is 3.73. The van der Waals surface area contributed by atoms with Crippen LogP contribution >= 0.6 is 0 Å². The van der Waals surface area contributed by atoms with Gasteiger partial charge in [-0.05, 0) is 0 Å². The molecule has 9 heavy (non-hydrogen) atoms. The van der Waals surface area contributed by atoms with E-state index in [4.69, 9.17) is 10.8 Å². The minimum Gasteiger partial charge on any atom is -0.394 e. The van der Waals surface area contributed by atoms with Crippen LogP contribution < -0.4 is 5.73 Å². The molecule has 0 aliphatic carbocycles. The van der Waals surface area contributed by atoms with Crippen molar-refractivity contribution >= 4 is 5.78 Å². The minimum atomic E-state index is -0.690. The molecule has 0 radical (unpaired) electrons. The van der Waals surface area contributed by atoms with E-state index in [-0.39, 0.29) is 18.3 Å². The summed E-state index contributed by atoms with van der Waals surface area (Å²) in [5, 5.41) is 8.41. The van der Waals surface area contributed by atoms with Gasteiger partial charge in [-0.3, -0.25) is 4.79 Å². The number of ketones is 1. The molecule has 0 saturated heterocycles. The number of Topliss-reactive ketones (excluding diaryl/α,β-unsaturated/α-hetero) is 1. The van der Waals surface area contributed by atoms with E-state index >= 15 is 0 Å². The van der Waals surface area contributed by atoms with Crippen LogP contribution in [0.5, 0.6) is 0 Å². The molecule has 0 aromatic rings. The van der Waals surface area contributed by atoms with E-state index in [1.54, 1.807) is 13.8 Å². The van der Waals surface area contributed by atoms with Crippen LogP contribution in [0.25, 0.3) is 0 Å². The summed E-state index contributed by atoms with van der Waals surface area (Å²) in [5.41, 5.74) is 5.22. The first-order valence-corrected chi connectivity index (χ1v) is 2.99. The van der Waals surface area contributed by atoms with Crippen LogP contribution in [0.2, 0.25) is 0 Å². The number of aliphatic hydroxyl groups excluding tert-OH is 1. The maximum Gasteiger partial charge on any atom is 0.154 e. The fourth-order valence-electron chi connectivity index (χ4n) is 0.518. The summed E-state index contributed by atoms with van der Waals surface area (Å²) < 4.78 is 0. The van der Waals surface area contributed by atoms with E-state index in [0.29, 0.717) is 0 Å². The Kier molecular flexibility index (Phi) is 3.42. The van der Waals surface area contributed by atoms with Gasteiger partial charge in [0.1, 0.15) is 0 Å². The SMILES string of the molecule is CC(C)C(=O)[C@H](N)CO. The van der Waals surface area contributed by atoms with E-state index in [0.717, 1.165) is 0 Å². The molecule has 54 valence electrons. The van der Waals surface area contributed by atoms with Crippen LogP contribution in [0.1, 0.15) is 13.8 Å². The minimum absolute atomic E-state index is 0.0767. The highest BCUT2D eigenvalue weighted by Crippen LogP contribution is 1.96. The fourth-order valence-corrected chi connectivity index (χ4v) is 0.518. The highest BCUT2D eigenvalue weighted by atomic mass is 16.3. The third-order valence-corrected chi connectivity index (χ3v) is 1.13. The van der Waals surface area contributed by atoms with Gasteiger partial charge < -0.3 is 10.8 Å². The number of aliphatic hydroxyl groups is 1. The van der Waals surface area contributed by atoms with Gasteiger partial charge in [-0.15, -0.1) is 0 Å². The largest absolute Gasteiger partial charge is 0.394 e. The Hall–Kier alpha value is -0.410. The molecule has 1 atom stereocenters. The van der Waals surface area contributed by atoms with Crippen LogP contribution in [-0.4, -0.2) is 23.5 Å². The normalized spacial score (nSPS) is 13.9. The molecule has 0 rings (SSSR count). The quantitative estimate of drug-likeness (QED) is 0.544. The summed E-state index contributed by atoms with van der Waals surface area (Å²) in [6, 6.07) is -0.690. The van der Waals surface area contributed by atoms with Gasteiger partial charge in [0.2, 0.25) is 0 Å². The zero-order chi connectivity index (χ0) is 7.44. The summed E-state index contributed by atoms with van der Waals surface area (Å²) in [6.45, 7) is 3.27. The second-order valence-electron chi connectivity index (χ2n) is 2.35. The number of hydrogen-bond acceptors (Lipinski definition) is 3. The van der Waals surface area contributed by atoms with E-state index in [1.807, 2.05) is 0 Å². The van der Waals surface area contributed by atoms with E-state index < -0.39 is 6.04 Å². The lowest BCUT2D eigenvalue weighted by Crippen LogP contribution is -2.36. The molecule has 0 heterocycles. The van der Waals surface area contributed by atoms with Gasteiger partial charge in [-0.25, -0.2) is 0 Å². The van der Waals surface area contributed by atoms with Gasteiger partial charge in [0, 0.05) is 5.92 Å². The van der Waals surface area contributed by atoms with Gasteiger partial charge >= 0.3 is 0 Å². The standard InChI is InChI=1S/C6H13NO2/c1-4(2)6(9)5(7)3-8/h4-5,8H,3,7H2,1-2H3/t5-/m1/s1. The molecule has 3 N–H and O–H groups in total. The third kappa shape index (κ3) is 2.58. The van der Waals surface area contributed by atoms with Gasteiger partial charge in [0.05, 0.1) is 12.6 Å². The van der Waals surface area contributed by atoms with Crippen molar-refractivity contribution in [3.63, 3.8) is 0 Å². The Morgan fingerprint density at radius 2 is 2.11 bits per heavy atom. The van der Waals surface area contributed by atoms with Crippen molar-refractivity contribution in [2.45, 2.75) is 19.9 Å². The lowest BCUT2D eigenvalue weighted by molar-refractivity contribution is -0.123. The second-order valence-corrected chi connectivity index (χ2v) is 2.35. The molecular weight excluding hydrogens is 118 g/mol. The highest BCUT2D eigenvalue weighted by molar-refractivity contribution is 5.85. The van der Waals surface area contributed by atoms with Crippen LogP contribution in [0.4, 0.5) is 0 Å². The number of nitrogens with two attached hydrogens (primary N) is 1. The average Bonchev–Trinajstić information content (AvgIpc) is 1.84. The molecule has 0 saturated carbocycles. The Labute approximate surface area is 54.9 Å². The second kappa shape index (κ2) is 3.58. The summed E-state index contributed by atoms with van der Waals surface area (Å²) in [4.78, 5) is 10.8. The number of carbonyl (C=O) groups is 1. The monoisotopic (exact) mass is 131 g/mol. The smallest absolute Gasteiger partial charge is 0.154 e. The molecule has 0 fully saturated rings. The first-order valence-electron chi connectivity index (χ1n) is 2.99. The molecule has 0 spiro atoms. The van der Waals surface area contributed by atoms with Crippen LogP contribution in [0, 0.1) is 5.92 Å². The molecule has 0 aromatic carbocycles. The van der Waals surface area contributed by atoms with Gasteiger partial charge in [0.15, 0.2) is 5.78 Å². The Morgan fingerprint density at radius 1 is 1.67 bits per heavy atom. The summed E-state index contributed by atoms with van der Waals surface area (Å²) in [5.74, 6) is -0.162. The van der Waals surface area contributed by atoms with Crippen molar-refractivity contribution in [1.82, 2.24) is 0 Å². The average molecular weight is 131 g/mol. The van der Waals surface area contributed by atoms with Crippen molar-refractivity contribution in [1.29, 1.82) is 0 Å². The summed E-state index contributed by atoms with van der Waals surface area (Å²) in [7, 11) is 0. The topological polar surface area (TPSA) is 63.3 Å². The predicted molar refractivity (Wildman–Crippen MR) is 34.9 cm³/mol. The maximum absolute atomic E-state index is 10.8. The molecule has 0 aromatic heterocycles. The summed E-state index contributed by atoms with van der Waals surface area (Å²) >= 11 is 0.